The monoisotopic (exact) mass is 499 g/mol. The summed E-state index contributed by atoms with van der Waals surface area (Å²) < 4.78 is 7.96. The number of ether oxygens (including phenoxy) is 1. The first kappa shape index (κ1) is 23.6. The number of allylic oxidation sites excluding steroid dienone is 1. The number of fused-ring (bicyclic) bond motifs is 1. The Balaban J connectivity index is 1.51. The van der Waals surface area contributed by atoms with E-state index in [0.29, 0.717) is 34.6 Å². The Bertz CT molecular complexity index is 1460. The van der Waals surface area contributed by atoms with E-state index in [2.05, 4.69) is 20.7 Å². The molecular weight excluding hydrogens is 474 g/mol. The van der Waals surface area contributed by atoms with E-state index in [0.717, 1.165) is 27.9 Å². The fourth-order valence-corrected chi connectivity index (χ4v) is 4.52. The fourth-order valence-electron chi connectivity index (χ4n) is 4.40. The topological polar surface area (TPSA) is 81.1 Å². The number of rotatable bonds is 6. The average molecular weight is 500 g/mol. The Labute approximate surface area is 214 Å². The molecule has 0 saturated carbocycles. The number of anilines is 2. The molecule has 0 unspecified atom stereocenters. The van der Waals surface area contributed by atoms with E-state index in [1.54, 1.807) is 4.68 Å². The molecular formula is C28H26ClN5O2. The maximum atomic E-state index is 13.7. The number of carbonyl (C=O) groups excluding carboxylic acids is 1. The van der Waals surface area contributed by atoms with Gasteiger partial charge >= 0.3 is 0 Å². The second-order valence-corrected chi connectivity index (χ2v) is 9.26. The zero-order valence-corrected chi connectivity index (χ0v) is 21.0. The van der Waals surface area contributed by atoms with Crippen LogP contribution in [0.25, 0.3) is 0 Å². The molecule has 4 aromatic rings. The lowest BCUT2D eigenvalue weighted by Gasteiger charge is -2.30. The number of nitrogens with zero attached hydrogens (tertiary/aromatic N) is 3. The third kappa shape index (κ3) is 4.70. The second-order valence-electron chi connectivity index (χ2n) is 8.82. The zero-order chi connectivity index (χ0) is 25.2. The van der Waals surface area contributed by atoms with Crippen molar-refractivity contribution in [2.75, 3.05) is 10.6 Å². The van der Waals surface area contributed by atoms with Crippen molar-refractivity contribution in [2.45, 2.75) is 33.4 Å². The number of amides is 1. The van der Waals surface area contributed by atoms with E-state index in [1.807, 2.05) is 87.5 Å². The highest BCUT2D eigenvalue weighted by atomic mass is 35.5. The molecule has 0 aliphatic carbocycles. The molecule has 1 aliphatic heterocycles. The van der Waals surface area contributed by atoms with Crippen LogP contribution in [0.1, 0.15) is 35.2 Å². The van der Waals surface area contributed by atoms with E-state index in [9.17, 15) is 4.79 Å². The second kappa shape index (κ2) is 9.87. The summed E-state index contributed by atoms with van der Waals surface area (Å²) in [4.78, 5) is 18.1. The number of nitrogens with one attached hydrogen (secondary N) is 2. The highest BCUT2D eigenvalue weighted by Gasteiger charge is 2.35. The van der Waals surface area contributed by atoms with Crippen LogP contribution in [0.15, 0.2) is 84.3 Å². The summed E-state index contributed by atoms with van der Waals surface area (Å²) in [5.74, 6) is 1.00. The van der Waals surface area contributed by atoms with Gasteiger partial charge in [-0.05, 0) is 56.2 Å². The van der Waals surface area contributed by atoms with Crippen LogP contribution in [0, 0.1) is 13.8 Å². The molecule has 1 aliphatic rings. The number of carbonyl (C=O) groups is 1. The summed E-state index contributed by atoms with van der Waals surface area (Å²) in [6.45, 7) is 6.24. The van der Waals surface area contributed by atoms with Crippen molar-refractivity contribution >= 4 is 29.1 Å². The van der Waals surface area contributed by atoms with Crippen LogP contribution < -0.4 is 15.4 Å². The van der Waals surface area contributed by atoms with Crippen molar-refractivity contribution in [3.05, 3.63) is 112 Å². The largest absolute Gasteiger partial charge is 0.489 e. The van der Waals surface area contributed by atoms with Gasteiger partial charge in [-0.15, -0.1) is 0 Å². The van der Waals surface area contributed by atoms with Gasteiger partial charge in [-0.3, -0.25) is 4.79 Å². The first-order chi connectivity index (χ1) is 17.4. The van der Waals surface area contributed by atoms with Gasteiger partial charge in [0.15, 0.2) is 0 Å². The molecule has 5 rings (SSSR count). The van der Waals surface area contributed by atoms with Crippen molar-refractivity contribution in [2.24, 2.45) is 0 Å². The number of aromatic nitrogens is 3. The van der Waals surface area contributed by atoms with Crippen LogP contribution >= 0.6 is 11.6 Å². The fraction of sp³-hybridized carbons (Fsp3) is 0.179. The van der Waals surface area contributed by atoms with Crippen molar-refractivity contribution in [1.82, 2.24) is 14.8 Å². The summed E-state index contributed by atoms with van der Waals surface area (Å²) in [5, 5.41) is 11.4. The first-order valence-electron chi connectivity index (χ1n) is 11.6. The third-order valence-corrected chi connectivity index (χ3v) is 6.44. The molecule has 182 valence electrons. The van der Waals surface area contributed by atoms with Crippen LogP contribution in [-0.2, 0) is 11.4 Å². The van der Waals surface area contributed by atoms with E-state index in [-0.39, 0.29) is 5.91 Å². The maximum Gasteiger partial charge on any atom is 0.255 e. The molecule has 0 saturated heterocycles. The number of aryl methyl sites for hydroxylation is 2. The molecule has 2 N–H and O–H groups in total. The Kier molecular flexibility index (Phi) is 6.48. The molecule has 3 aromatic carbocycles. The van der Waals surface area contributed by atoms with Crippen LogP contribution in [0.5, 0.6) is 5.75 Å². The molecule has 0 bridgehead atoms. The number of hydrogen-bond donors (Lipinski definition) is 2. The average Bonchev–Trinajstić information content (AvgIpc) is 3.33. The van der Waals surface area contributed by atoms with Gasteiger partial charge in [0.25, 0.3) is 5.91 Å². The van der Waals surface area contributed by atoms with Crippen molar-refractivity contribution in [3.8, 4) is 5.75 Å². The molecule has 8 heteroatoms. The van der Waals surface area contributed by atoms with Crippen molar-refractivity contribution in [3.63, 3.8) is 0 Å². The summed E-state index contributed by atoms with van der Waals surface area (Å²) in [6.07, 6.45) is 1.48. The smallest absolute Gasteiger partial charge is 0.255 e. The highest BCUT2D eigenvalue weighted by molar-refractivity contribution is 6.30. The Hall–Kier alpha value is -4.10. The van der Waals surface area contributed by atoms with Crippen molar-refractivity contribution in [1.29, 1.82) is 0 Å². The summed E-state index contributed by atoms with van der Waals surface area (Å²) in [7, 11) is 0. The van der Waals surface area contributed by atoms with Gasteiger partial charge in [-0.2, -0.15) is 10.1 Å². The highest BCUT2D eigenvalue weighted by Crippen LogP contribution is 2.39. The number of benzene rings is 3. The van der Waals surface area contributed by atoms with Gasteiger partial charge in [0.05, 0.1) is 5.57 Å². The lowest BCUT2D eigenvalue weighted by Crippen LogP contribution is -2.32. The first-order valence-corrected chi connectivity index (χ1v) is 12.0. The quantitative estimate of drug-likeness (QED) is 0.337. The van der Waals surface area contributed by atoms with Gasteiger partial charge < -0.3 is 15.4 Å². The maximum absolute atomic E-state index is 13.7. The molecule has 0 radical (unpaired) electrons. The molecule has 1 amide bonds. The number of para-hydroxylation sites is 1. The molecule has 1 aromatic heterocycles. The van der Waals surface area contributed by atoms with Gasteiger partial charge in [-0.1, -0.05) is 59.6 Å². The normalized spacial score (nSPS) is 14.7. The van der Waals surface area contributed by atoms with Gasteiger partial charge in [0.2, 0.25) is 5.95 Å². The number of halogens is 1. The molecule has 0 fully saturated rings. The van der Waals surface area contributed by atoms with Crippen LogP contribution in [0.4, 0.5) is 11.6 Å². The summed E-state index contributed by atoms with van der Waals surface area (Å²) >= 11 is 6.02. The van der Waals surface area contributed by atoms with E-state index < -0.39 is 6.04 Å². The third-order valence-electron chi connectivity index (χ3n) is 6.19. The minimum atomic E-state index is -0.532. The minimum Gasteiger partial charge on any atom is -0.489 e. The van der Waals surface area contributed by atoms with Crippen LogP contribution in [0.3, 0.4) is 0 Å². The van der Waals surface area contributed by atoms with Crippen molar-refractivity contribution < 1.29 is 9.53 Å². The van der Waals surface area contributed by atoms with Crippen LogP contribution in [0.2, 0.25) is 5.02 Å². The minimum absolute atomic E-state index is 0.217. The lowest BCUT2D eigenvalue weighted by molar-refractivity contribution is -0.113. The molecule has 1 atom stereocenters. The molecule has 0 spiro atoms. The Morgan fingerprint density at radius 3 is 2.64 bits per heavy atom. The Morgan fingerprint density at radius 1 is 1.08 bits per heavy atom. The predicted octanol–water partition coefficient (Wildman–Crippen LogP) is 6.05. The standard InChI is InChI=1S/C28H26ClN5O2/c1-17-8-13-23(18(2)14-17)33-27(35)25-19(3)32-28-30-16-31-34(28)26(25)22-6-4-5-7-24(22)36-15-20-9-11-21(29)12-10-20/h4-14,16,26H,15H2,1-3H3,(H,33,35)(H,30,31,32)/t26-/m0/s1. The van der Waals surface area contributed by atoms with E-state index in [4.69, 9.17) is 16.3 Å². The van der Waals surface area contributed by atoms with Crippen LogP contribution in [-0.4, -0.2) is 20.7 Å². The number of hydrogen-bond acceptors (Lipinski definition) is 5. The SMILES string of the molecule is CC1=C(C(=O)Nc2ccc(C)cc2C)[C@H](c2ccccc2OCc2ccc(Cl)cc2)n2ncnc2N1. The predicted molar refractivity (Wildman–Crippen MR) is 141 cm³/mol. The van der Waals surface area contributed by atoms with E-state index in [1.165, 1.54) is 6.33 Å². The molecule has 7 nitrogen and oxygen atoms in total. The molecule has 2 heterocycles. The summed E-state index contributed by atoms with van der Waals surface area (Å²) in [5.41, 5.74) is 5.93. The van der Waals surface area contributed by atoms with Gasteiger partial charge in [-0.25, -0.2) is 4.68 Å². The zero-order valence-electron chi connectivity index (χ0n) is 20.2. The van der Waals surface area contributed by atoms with Gasteiger partial charge in [0, 0.05) is 22.0 Å². The summed E-state index contributed by atoms with van der Waals surface area (Å²) in [6, 6.07) is 20.6. The van der Waals surface area contributed by atoms with E-state index >= 15 is 0 Å². The van der Waals surface area contributed by atoms with Gasteiger partial charge in [0.1, 0.15) is 24.7 Å². The lowest BCUT2D eigenvalue weighted by atomic mass is 9.94. The molecule has 36 heavy (non-hydrogen) atoms. The Morgan fingerprint density at radius 2 is 1.86 bits per heavy atom.